The van der Waals surface area contributed by atoms with E-state index in [0.717, 1.165) is 16.7 Å². The molecule has 94 valence electrons. The number of rotatable bonds is 2. The normalized spacial score (nSPS) is 21.9. The molecule has 3 heterocycles. The molecule has 0 aromatic carbocycles. The summed E-state index contributed by atoms with van der Waals surface area (Å²) in [5.41, 5.74) is 4.30. The summed E-state index contributed by atoms with van der Waals surface area (Å²) in [5, 5.41) is 0. The molecule has 3 nitrogen and oxygen atoms in total. The molecule has 0 spiro atoms. The van der Waals surface area contributed by atoms with Gasteiger partial charge in [-0.05, 0) is 45.0 Å². The van der Waals surface area contributed by atoms with Crippen molar-refractivity contribution < 1.29 is 4.42 Å². The lowest BCUT2D eigenvalue weighted by molar-refractivity contribution is 0.346. The molecule has 0 amide bonds. The number of likely N-dealkylation sites (tertiary alicyclic amines) is 1. The number of hydrogen-bond donors (Lipinski definition) is 0. The molecule has 0 bridgehead atoms. The number of aromatic nitrogens is 1. The average molecular weight is 242 g/mol. The molecular weight excluding hydrogens is 224 g/mol. The summed E-state index contributed by atoms with van der Waals surface area (Å²) in [6.07, 6.45) is 8.37. The second-order valence-electron chi connectivity index (χ2n) is 5.10. The Kier molecular flexibility index (Phi) is 2.92. The molecule has 2 aromatic heterocycles. The van der Waals surface area contributed by atoms with Crippen molar-refractivity contribution in [2.24, 2.45) is 0 Å². The van der Waals surface area contributed by atoms with Crippen LogP contribution in [-0.2, 0) is 0 Å². The van der Waals surface area contributed by atoms with Gasteiger partial charge in [-0.1, -0.05) is 11.6 Å². The number of pyridine rings is 1. The molecule has 3 heteroatoms. The molecule has 1 atom stereocenters. The van der Waals surface area contributed by atoms with Crippen LogP contribution in [0.1, 0.15) is 25.3 Å². The maximum absolute atomic E-state index is 5.38. The van der Waals surface area contributed by atoms with Crippen LogP contribution < -0.4 is 0 Å². The van der Waals surface area contributed by atoms with E-state index in [1.165, 1.54) is 25.0 Å². The molecule has 0 radical (unpaired) electrons. The molecule has 1 aliphatic heterocycles. The van der Waals surface area contributed by atoms with Crippen molar-refractivity contribution in [3.8, 4) is 0 Å². The van der Waals surface area contributed by atoms with E-state index in [4.69, 9.17) is 4.42 Å². The molecule has 18 heavy (non-hydrogen) atoms. The van der Waals surface area contributed by atoms with Gasteiger partial charge in [0, 0.05) is 18.3 Å². The minimum atomic E-state index is 0.581. The molecule has 0 aliphatic carbocycles. The molecule has 0 saturated carbocycles. The second-order valence-corrected chi connectivity index (χ2v) is 5.10. The topological polar surface area (TPSA) is 29.3 Å². The zero-order chi connectivity index (χ0) is 12.5. The summed E-state index contributed by atoms with van der Waals surface area (Å²) in [4.78, 5) is 6.81. The van der Waals surface area contributed by atoms with Crippen LogP contribution in [0.4, 0.5) is 0 Å². The Morgan fingerprint density at radius 2 is 2.44 bits per heavy atom. The van der Waals surface area contributed by atoms with E-state index in [2.05, 4.69) is 36.0 Å². The maximum Gasteiger partial charge on any atom is 0.152 e. The Hall–Kier alpha value is -1.61. The van der Waals surface area contributed by atoms with Crippen LogP contribution in [0, 0.1) is 0 Å². The monoisotopic (exact) mass is 242 g/mol. The third-order valence-corrected chi connectivity index (χ3v) is 3.76. The first kappa shape index (κ1) is 11.5. The summed E-state index contributed by atoms with van der Waals surface area (Å²) in [7, 11) is 2.20. The van der Waals surface area contributed by atoms with Crippen LogP contribution in [0.25, 0.3) is 17.2 Å². The van der Waals surface area contributed by atoms with Gasteiger partial charge < -0.3 is 4.42 Å². The molecule has 2 aromatic rings. The standard InChI is InChI=1S/C15H18N2O/c1-11(14-4-3-6-17(14)2)8-12-9-15-13(16-10-12)5-7-18-15/h5,7-10,14H,3-4,6H2,1-2H3. The minimum absolute atomic E-state index is 0.581. The maximum atomic E-state index is 5.38. The Balaban J connectivity index is 1.89. The van der Waals surface area contributed by atoms with Crippen molar-refractivity contribution in [1.29, 1.82) is 0 Å². The van der Waals surface area contributed by atoms with E-state index in [-0.39, 0.29) is 0 Å². The minimum Gasteiger partial charge on any atom is -0.463 e. The van der Waals surface area contributed by atoms with Gasteiger partial charge in [0.2, 0.25) is 0 Å². The van der Waals surface area contributed by atoms with E-state index in [1.807, 2.05) is 12.3 Å². The lowest BCUT2D eigenvalue weighted by Gasteiger charge is -2.20. The highest BCUT2D eigenvalue weighted by molar-refractivity contribution is 5.75. The second kappa shape index (κ2) is 4.58. The number of fused-ring (bicyclic) bond motifs is 1. The highest BCUT2D eigenvalue weighted by Gasteiger charge is 2.21. The number of nitrogens with zero attached hydrogens (tertiary/aromatic N) is 2. The Morgan fingerprint density at radius 3 is 3.22 bits per heavy atom. The van der Waals surface area contributed by atoms with Crippen molar-refractivity contribution in [2.45, 2.75) is 25.8 Å². The third kappa shape index (κ3) is 2.06. The first-order chi connectivity index (χ1) is 8.74. The van der Waals surface area contributed by atoms with Gasteiger partial charge in [0.1, 0.15) is 5.52 Å². The summed E-state index contributed by atoms with van der Waals surface area (Å²) < 4.78 is 5.38. The Labute approximate surface area is 107 Å². The first-order valence-electron chi connectivity index (χ1n) is 6.46. The summed E-state index contributed by atoms with van der Waals surface area (Å²) in [6, 6.07) is 4.53. The fourth-order valence-corrected chi connectivity index (χ4v) is 2.79. The molecule has 3 rings (SSSR count). The fourth-order valence-electron chi connectivity index (χ4n) is 2.79. The molecule has 0 N–H and O–H groups in total. The van der Waals surface area contributed by atoms with E-state index in [1.54, 1.807) is 6.26 Å². The van der Waals surface area contributed by atoms with E-state index in [0.29, 0.717) is 6.04 Å². The predicted octanol–water partition coefficient (Wildman–Crippen LogP) is 3.33. The van der Waals surface area contributed by atoms with Crippen LogP contribution in [0.3, 0.4) is 0 Å². The summed E-state index contributed by atoms with van der Waals surface area (Å²) >= 11 is 0. The van der Waals surface area contributed by atoms with E-state index < -0.39 is 0 Å². The van der Waals surface area contributed by atoms with Crippen molar-refractivity contribution in [1.82, 2.24) is 9.88 Å². The average Bonchev–Trinajstić information content (AvgIpc) is 2.96. The predicted molar refractivity (Wildman–Crippen MR) is 73.3 cm³/mol. The highest BCUT2D eigenvalue weighted by atomic mass is 16.3. The van der Waals surface area contributed by atoms with Gasteiger partial charge in [-0.3, -0.25) is 9.88 Å². The SMILES string of the molecule is CC(=Cc1cnc2ccoc2c1)C1CCCN1C. The van der Waals surface area contributed by atoms with Crippen LogP contribution in [0.15, 0.2) is 34.6 Å². The van der Waals surface area contributed by atoms with Gasteiger partial charge >= 0.3 is 0 Å². The third-order valence-electron chi connectivity index (χ3n) is 3.76. The van der Waals surface area contributed by atoms with Gasteiger partial charge in [0.15, 0.2) is 5.58 Å². The van der Waals surface area contributed by atoms with Crippen molar-refractivity contribution in [3.63, 3.8) is 0 Å². The van der Waals surface area contributed by atoms with Crippen LogP contribution >= 0.6 is 0 Å². The van der Waals surface area contributed by atoms with Gasteiger partial charge in [0.05, 0.1) is 6.26 Å². The Morgan fingerprint density at radius 1 is 1.56 bits per heavy atom. The van der Waals surface area contributed by atoms with Gasteiger partial charge in [0.25, 0.3) is 0 Å². The summed E-state index contributed by atoms with van der Waals surface area (Å²) in [5.74, 6) is 0. The smallest absolute Gasteiger partial charge is 0.152 e. The van der Waals surface area contributed by atoms with Gasteiger partial charge in [-0.15, -0.1) is 0 Å². The zero-order valence-corrected chi connectivity index (χ0v) is 10.9. The summed E-state index contributed by atoms with van der Waals surface area (Å²) in [6.45, 7) is 3.41. The molecule has 1 saturated heterocycles. The molecule has 1 unspecified atom stereocenters. The van der Waals surface area contributed by atoms with Crippen LogP contribution in [0.5, 0.6) is 0 Å². The van der Waals surface area contributed by atoms with Gasteiger partial charge in [-0.2, -0.15) is 0 Å². The highest BCUT2D eigenvalue weighted by Crippen LogP contribution is 2.24. The van der Waals surface area contributed by atoms with Crippen LogP contribution in [0.2, 0.25) is 0 Å². The number of hydrogen-bond acceptors (Lipinski definition) is 3. The fraction of sp³-hybridized carbons (Fsp3) is 0.400. The molecular formula is C15H18N2O. The quantitative estimate of drug-likeness (QED) is 0.809. The lowest BCUT2D eigenvalue weighted by Crippen LogP contribution is -2.25. The first-order valence-corrected chi connectivity index (χ1v) is 6.46. The van der Waals surface area contributed by atoms with Crippen molar-refractivity contribution >= 4 is 17.2 Å². The van der Waals surface area contributed by atoms with E-state index in [9.17, 15) is 0 Å². The number of likely N-dealkylation sites (N-methyl/N-ethyl adjacent to an activating group) is 1. The van der Waals surface area contributed by atoms with Crippen molar-refractivity contribution in [2.75, 3.05) is 13.6 Å². The Bertz CT molecular complexity index is 585. The van der Waals surface area contributed by atoms with Crippen molar-refractivity contribution in [3.05, 3.63) is 35.7 Å². The lowest BCUT2D eigenvalue weighted by atomic mass is 10.0. The molecule has 1 aliphatic rings. The molecule has 1 fully saturated rings. The van der Waals surface area contributed by atoms with Gasteiger partial charge in [-0.25, -0.2) is 0 Å². The van der Waals surface area contributed by atoms with Crippen LogP contribution in [-0.4, -0.2) is 29.5 Å². The zero-order valence-electron chi connectivity index (χ0n) is 10.9. The largest absolute Gasteiger partial charge is 0.463 e. The van der Waals surface area contributed by atoms with E-state index >= 15 is 0 Å². The number of furan rings is 1.